The van der Waals surface area contributed by atoms with Crippen molar-refractivity contribution in [2.75, 3.05) is 5.75 Å². The Kier molecular flexibility index (Phi) is 4.45. The maximum Gasteiger partial charge on any atom is 0.405 e. The van der Waals surface area contributed by atoms with Crippen molar-refractivity contribution in [1.82, 2.24) is 14.8 Å². The Morgan fingerprint density at radius 3 is 2.61 bits per heavy atom. The van der Waals surface area contributed by atoms with Crippen molar-refractivity contribution in [3.8, 4) is 6.07 Å². The van der Waals surface area contributed by atoms with Crippen LogP contribution in [0.1, 0.15) is 19.9 Å². The van der Waals surface area contributed by atoms with Gasteiger partial charge in [-0.25, -0.2) is 9.89 Å². The molecule has 18 heavy (non-hydrogen) atoms. The number of alkyl halides is 3. The number of nitriles is 1. The third kappa shape index (κ3) is 3.29. The number of aromatic amines is 1. The summed E-state index contributed by atoms with van der Waals surface area (Å²) in [4.78, 5) is 11.3. The fourth-order valence-electron chi connectivity index (χ4n) is 1.21. The summed E-state index contributed by atoms with van der Waals surface area (Å²) in [5.41, 5.74) is -0.479. The highest BCUT2D eigenvalue weighted by atomic mass is 32.2. The Labute approximate surface area is 105 Å². The lowest BCUT2D eigenvalue weighted by atomic mass is 10.2. The average Bonchev–Trinajstić information content (AvgIpc) is 2.58. The van der Waals surface area contributed by atoms with Gasteiger partial charge in [-0.3, -0.25) is 4.57 Å². The predicted octanol–water partition coefficient (Wildman–Crippen LogP) is 1.95. The molecule has 9 heteroatoms. The second kappa shape index (κ2) is 5.48. The van der Waals surface area contributed by atoms with E-state index in [-0.39, 0.29) is 11.2 Å². The standard InChI is InChI=1S/C9H11F3N4OS/c1-5(2)16-7(17)14-15-8(16)18-4-6(3-13)9(10,11)12/h5-6H,4H2,1-2H3,(H,14,17). The second-order valence-corrected chi connectivity index (χ2v) is 4.80. The van der Waals surface area contributed by atoms with Crippen molar-refractivity contribution in [2.24, 2.45) is 5.92 Å². The fourth-order valence-corrected chi connectivity index (χ4v) is 2.33. The number of nitrogens with one attached hydrogen (secondary N) is 1. The molecular formula is C9H11F3N4OS. The number of rotatable bonds is 4. The summed E-state index contributed by atoms with van der Waals surface area (Å²) in [5, 5.41) is 14.4. The lowest BCUT2D eigenvalue weighted by Gasteiger charge is -2.13. The number of hydrogen-bond donors (Lipinski definition) is 1. The van der Waals surface area contributed by atoms with E-state index < -0.39 is 23.5 Å². The van der Waals surface area contributed by atoms with Crippen molar-refractivity contribution < 1.29 is 13.2 Å². The summed E-state index contributed by atoms with van der Waals surface area (Å²) in [7, 11) is 0. The summed E-state index contributed by atoms with van der Waals surface area (Å²) < 4.78 is 38.3. The highest BCUT2D eigenvalue weighted by Crippen LogP contribution is 2.30. The normalized spacial score (nSPS) is 13.6. The molecule has 1 rings (SSSR count). The van der Waals surface area contributed by atoms with Crippen LogP contribution in [0.4, 0.5) is 13.2 Å². The van der Waals surface area contributed by atoms with Crippen LogP contribution in [0.25, 0.3) is 0 Å². The molecule has 0 aliphatic heterocycles. The van der Waals surface area contributed by atoms with Gasteiger partial charge in [0.15, 0.2) is 11.1 Å². The molecule has 0 aromatic carbocycles. The van der Waals surface area contributed by atoms with Gasteiger partial charge >= 0.3 is 11.9 Å². The smallest absolute Gasteiger partial charge is 0.268 e. The van der Waals surface area contributed by atoms with Crippen molar-refractivity contribution in [3.05, 3.63) is 10.5 Å². The zero-order valence-electron chi connectivity index (χ0n) is 9.65. The fraction of sp³-hybridized carbons (Fsp3) is 0.667. The van der Waals surface area contributed by atoms with E-state index in [1.54, 1.807) is 13.8 Å². The molecule has 0 saturated carbocycles. The van der Waals surface area contributed by atoms with Crippen LogP contribution in [-0.2, 0) is 0 Å². The maximum atomic E-state index is 12.4. The third-order valence-corrected chi connectivity index (χ3v) is 3.16. The highest BCUT2D eigenvalue weighted by molar-refractivity contribution is 7.99. The van der Waals surface area contributed by atoms with E-state index in [0.717, 1.165) is 11.8 Å². The van der Waals surface area contributed by atoms with Gasteiger partial charge in [-0.1, -0.05) is 11.8 Å². The van der Waals surface area contributed by atoms with Crippen LogP contribution in [0.3, 0.4) is 0 Å². The first kappa shape index (κ1) is 14.6. The Balaban J connectivity index is 2.82. The monoisotopic (exact) mass is 280 g/mol. The van der Waals surface area contributed by atoms with E-state index >= 15 is 0 Å². The van der Waals surface area contributed by atoms with Crippen LogP contribution in [0.5, 0.6) is 0 Å². The Morgan fingerprint density at radius 2 is 2.17 bits per heavy atom. The summed E-state index contributed by atoms with van der Waals surface area (Å²) in [6.45, 7) is 3.43. The first-order valence-corrected chi connectivity index (χ1v) is 6.02. The summed E-state index contributed by atoms with van der Waals surface area (Å²) in [6.07, 6.45) is -4.57. The molecule has 100 valence electrons. The van der Waals surface area contributed by atoms with Crippen molar-refractivity contribution in [1.29, 1.82) is 5.26 Å². The first-order chi connectivity index (χ1) is 8.27. The number of thioether (sulfide) groups is 1. The first-order valence-electron chi connectivity index (χ1n) is 5.03. The van der Waals surface area contributed by atoms with Gasteiger partial charge in [-0.2, -0.15) is 18.4 Å². The van der Waals surface area contributed by atoms with Crippen LogP contribution in [0.15, 0.2) is 9.95 Å². The average molecular weight is 280 g/mol. The third-order valence-electron chi connectivity index (χ3n) is 2.12. The molecule has 0 saturated heterocycles. The van der Waals surface area contributed by atoms with E-state index in [2.05, 4.69) is 10.2 Å². The van der Waals surface area contributed by atoms with Gasteiger partial charge in [0.1, 0.15) is 0 Å². The largest absolute Gasteiger partial charge is 0.405 e. The molecule has 0 bridgehead atoms. The Bertz CT molecular complexity index is 499. The molecule has 0 amide bonds. The molecule has 0 radical (unpaired) electrons. The molecule has 0 aliphatic rings. The van der Waals surface area contributed by atoms with Crippen LogP contribution >= 0.6 is 11.8 Å². The van der Waals surface area contributed by atoms with Crippen LogP contribution in [-0.4, -0.2) is 26.7 Å². The van der Waals surface area contributed by atoms with Crippen molar-refractivity contribution in [2.45, 2.75) is 31.2 Å². The molecule has 0 fully saturated rings. The predicted molar refractivity (Wildman–Crippen MR) is 59.1 cm³/mol. The number of nitrogens with zero attached hydrogens (tertiary/aromatic N) is 3. The zero-order valence-corrected chi connectivity index (χ0v) is 10.5. The maximum absolute atomic E-state index is 12.4. The van der Waals surface area contributed by atoms with Gasteiger partial charge in [0.2, 0.25) is 0 Å². The molecule has 1 unspecified atom stereocenters. The summed E-state index contributed by atoms with van der Waals surface area (Å²) >= 11 is 0.734. The quantitative estimate of drug-likeness (QED) is 0.855. The van der Waals surface area contributed by atoms with Gasteiger partial charge in [-0.05, 0) is 13.8 Å². The molecule has 0 spiro atoms. The Hall–Kier alpha value is -1.43. The molecule has 1 aromatic rings. The van der Waals surface area contributed by atoms with Crippen LogP contribution < -0.4 is 5.69 Å². The minimum Gasteiger partial charge on any atom is -0.268 e. The Morgan fingerprint density at radius 1 is 1.56 bits per heavy atom. The van der Waals surface area contributed by atoms with E-state index in [4.69, 9.17) is 5.26 Å². The van der Waals surface area contributed by atoms with Gasteiger partial charge in [0, 0.05) is 11.8 Å². The lowest BCUT2D eigenvalue weighted by molar-refractivity contribution is -0.152. The molecule has 1 heterocycles. The van der Waals surface area contributed by atoms with E-state index in [9.17, 15) is 18.0 Å². The van der Waals surface area contributed by atoms with E-state index in [1.165, 1.54) is 10.6 Å². The van der Waals surface area contributed by atoms with Crippen LogP contribution in [0, 0.1) is 17.2 Å². The van der Waals surface area contributed by atoms with Crippen LogP contribution in [0.2, 0.25) is 0 Å². The SMILES string of the molecule is CC(C)n1c(SCC(C#N)C(F)(F)F)n[nH]c1=O. The minimum atomic E-state index is -4.57. The van der Waals surface area contributed by atoms with Gasteiger partial charge in [0.25, 0.3) is 0 Å². The van der Waals surface area contributed by atoms with Gasteiger partial charge in [-0.15, -0.1) is 5.10 Å². The van der Waals surface area contributed by atoms with Crippen molar-refractivity contribution >= 4 is 11.8 Å². The van der Waals surface area contributed by atoms with E-state index in [1.807, 2.05) is 0 Å². The molecule has 1 atom stereocenters. The lowest BCUT2D eigenvalue weighted by Crippen LogP contribution is -2.24. The summed E-state index contributed by atoms with van der Waals surface area (Å²) in [5.74, 6) is -2.56. The number of halogens is 3. The number of aromatic nitrogens is 3. The van der Waals surface area contributed by atoms with Gasteiger partial charge in [0.05, 0.1) is 6.07 Å². The zero-order chi connectivity index (χ0) is 13.9. The topological polar surface area (TPSA) is 74.5 Å². The molecule has 0 aliphatic carbocycles. The minimum absolute atomic E-state index is 0.152. The number of hydrogen-bond acceptors (Lipinski definition) is 4. The highest BCUT2D eigenvalue weighted by Gasteiger charge is 2.40. The molecule has 1 N–H and O–H groups in total. The number of H-pyrrole nitrogens is 1. The molecular weight excluding hydrogens is 269 g/mol. The second-order valence-electron chi connectivity index (χ2n) is 3.81. The van der Waals surface area contributed by atoms with Crippen molar-refractivity contribution in [3.63, 3.8) is 0 Å². The summed E-state index contributed by atoms with van der Waals surface area (Å²) in [6, 6.07) is 0.979. The molecule has 1 aromatic heterocycles. The molecule has 5 nitrogen and oxygen atoms in total. The van der Waals surface area contributed by atoms with E-state index in [0.29, 0.717) is 0 Å². The van der Waals surface area contributed by atoms with Gasteiger partial charge < -0.3 is 0 Å².